The first kappa shape index (κ1) is 18.9. The summed E-state index contributed by atoms with van der Waals surface area (Å²) >= 11 is 6.53. The molecular weight excluding hydrogens is 404 g/mol. The number of fused-ring (bicyclic) bond motifs is 1. The third-order valence-corrected chi connectivity index (χ3v) is 5.78. The summed E-state index contributed by atoms with van der Waals surface area (Å²) in [6, 6.07) is 13.2. The fourth-order valence-electron chi connectivity index (χ4n) is 3.96. The van der Waals surface area contributed by atoms with Gasteiger partial charge in [-0.1, -0.05) is 41.0 Å². The van der Waals surface area contributed by atoms with Crippen LogP contribution in [0.2, 0.25) is 5.02 Å². The molecule has 1 atom stereocenters. The van der Waals surface area contributed by atoms with Gasteiger partial charge in [0, 0.05) is 23.6 Å². The number of aromatic amines is 1. The van der Waals surface area contributed by atoms with Crippen molar-refractivity contribution in [3.05, 3.63) is 70.1 Å². The number of aromatic nitrogens is 2. The van der Waals surface area contributed by atoms with Crippen molar-refractivity contribution in [2.24, 2.45) is 0 Å². The van der Waals surface area contributed by atoms with Crippen molar-refractivity contribution in [1.82, 2.24) is 10.1 Å². The van der Waals surface area contributed by atoms with Gasteiger partial charge >= 0.3 is 0 Å². The van der Waals surface area contributed by atoms with E-state index in [4.69, 9.17) is 20.9 Å². The zero-order valence-corrected chi connectivity index (χ0v) is 17.0. The van der Waals surface area contributed by atoms with Crippen LogP contribution in [0, 0.1) is 6.92 Å². The Balaban J connectivity index is 1.58. The number of nitrogens with one attached hydrogen (secondary N) is 1. The standard InChI is InChI=1S/C23H19ClN2O4/c1-12-9-20(30-26-12)22(27)21-16-10-15(17(24)11-18(16)25-23(21)28)13-4-6-14(7-5-13)19-3-2-8-29-19/h4-7,9-11,19,25,28H,2-3,8H2,1H3. The SMILES string of the molecule is Cc1cc(C(=O)c2c(O)[nH]c3cc(Cl)c(-c4ccc(C5CCCO5)cc4)cc23)on1. The second kappa shape index (κ2) is 7.31. The van der Waals surface area contributed by atoms with Crippen LogP contribution in [-0.4, -0.2) is 27.6 Å². The fourth-order valence-corrected chi connectivity index (χ4v) is 4.24. The van der Waals surface area contributed by atoms with Crippen molar-refractivity contribution in [3.8, 4) is 17.0 Å². The molecule has 1 aliphatic rings. The molecule has 7 heteroatoms. The molecule has 0 saturated carbocycles. The van der Waals surface area contributed by atoms with Gasteiger partial charge in [0.15, 0.2) is 0 Å². The lowest BCUT2D eigenvalue weighted by Crippen LogP contribution is -1.99. The van der Waals surface area contributed by atoms with Gasteiger partial charge in [-0.15, -0.1) is 0 Å². The molecule has 2 aromatic carbocycles. The first-order valence-electron chi connectivity index (χ1n) is 9.75. The average Bonchev–Trinajstić information content (AvgIpc) is 3.47. The van der Waals surface area contributed by atoms with Crippen molar-refractivity contribution >= 4 is 28.3 Å². The number of benzene rings is 2. The van der Waals surface area contributed by atoms with Crippen molar-refractivity contribution in [2.45, 2.75) is 25.9 Å². The number of H-pyrrole nitrogens is 1. The zero-order valence-electron chi connectivity index (χ0n) is 16.2. The second-order valence-corrected chi connectivity index (χ2v) is 7.92. The molecule has 30 heavy (non-hydrogen) atoms. The molecule has 1 fully saturated rings. The predicted octanol–water partition coefficient (Wildman–Crippen LogP) is 5.57. The van der Waals surface area contributed by atoms with Crippen LogP contribution >= 0.6 is 11.6 Å². The van der Waals surface area contributed by atoms with Crippen LogP contribution < -0.4 is 0 Å². The van der Waals surface area contributed by atoms with Crippen LogP contribution in [-0.2, 0) is 4.74 Å². The number of hydrogen-bond donors (Lipinski definition) is 2. The number of aromatic hydroxyl groups is 1. The van der Waals surface area contributed by atoms with Crippen LogP contribution in [0.1, 0.15) is 46.3 Å². The number of carbonyl (C=O) groups is 1. The van der Waals surface area contributed by atoms with Gasteiger partial charge in [0.05, 0.1) is 27.9 Å². The highest BCUT2D eigenvalue weighted by molar-refractivity contribution is 6.34. The largest absolute Gasteiger partial charge is 0.494 e. The number of hydrogen-bond acceptors (Lipinski definition) is 5. The van der Waals surface area contributed by atoms with E-state index in [-0.39, 0.29) is 23.3 Å². The first-order valence-corrected chi connectivity index (χ1v) is 10.1. The quantitative estimate of drug-likeness (QED) is 0.419. The van der Waals surface area contributed by atoms with Gasteiger partial charge in [-0.3, -0.25) is 4.79 Å². The molecule has 0 aliphatic carbocycles. The Morgan fingerprint density at radius 3 is 2.70 bits per heavy atom. The minimum atomic E-state index is -0.443. The van der Waals surface area contributed by atoms with E-state index in [9.17, 15) is 9.90 Å². The summed E-state index contributed by atoms with van der Waals surface area (Å²) in [5.41, 5.74) is 4.12. The number of aryl methyl sites for hydroxylation is 1. The Morgan fingerprint density at radius 1 is 1.23 bits per heavy atom. The topological polar surface area (TPSA) is 88.3 Å². The fraction of sp³-hybridized carbons (Fsp3) is 0.217. The third-order valence-electron chi connectivity index (χ3n) is 5.47. The van der Waals surface area contributed by atoms with Gasteiger partial charge < -0.3 is 19.4 Å². The Hall–Kier alpha value is -3.09. The summed E-state index contributed by atoms with van der Waals surface area (Å²) in [7, 11) is 0. The molecule has 5 rings (SSSR count). The number of carbonyl (C=O) groups excluding carboxylic acids is 1. The van der Waals surface area contributed by atoms with E-state index in [0.29, 0.717) is 21.6 Å². The Labute approximate surface area is 177 Å². The molecule has 2 N–H and O–H groups in total. The number of rotatable bonds is 4. The van der Waals surface area contributed by atoms with Crippen molar-refractivity contribution in [2.75, 3.05) is 6.61 Å². The minimum absolute atomic E-state index is 0.0705. The van der Waals surface area contributed by atoms with Gasteiger partial charge in [0.1, 0.15) is 0 Å². The number of ether oxygens (including phenoxy) is 1. The first-order chi connectivity index (χ1) is 14.5. The van der Waals surface area contributed by atoms with Crippen molar-refractivity contribution in [3.63, 3.8) is 0 Å². The van der Waals surface area contributed by atoms with Crippen LogP contribution in [0.15, 0.2) is 47.0 Å². The van der Waals surface area contributed by atoms with Crippen molar-refractivity contribution < 1.29 is 19.2 Å². The molecule has 4 aromatic rings. The molecule has 6 nitrogen and oxygen atoms in total. The van der Waals surface area contributed by atoms with E-state index >= 15 is 0 Å². The second-order valence-electron chi connectivity index (χ2n) is 7.51. The zero-order chi connectivity index (χ0) is 20.8. The Morgan fingerprint density at radius 2 is 2.03 bits per heavy atom. The van der Waals surface area contributed by atoms with E-state index in [0.717, 1.165) is 36.1 Å². The molecule has 0 spiro atoms. The lowest BCUT2D eigenvalue weighted by Gasteiger charge is -2.11. The molecule has 1 unspecified atom stereocenters. The van der Waals surface area contributed by atoms with Gasteiger partial charge in [-0.25, -0.2) is 0 Å². The van der Waals surface area contributed by atoms with Crippen LogP contribution in [0.3, 0.4) is 0 Å². The van der Waals surface area contributed by atoms with Crippen LogP contribution in [0.5, 0.6) is 5.88 Å². The van der Waals surface area contributed by atoms with Gasteiger partial charge in [-0.05, 0) is 43.0 Å². The maximum atomic E-state index is 12.9. The molecule has 0 radical (unpaired) electrons. The van der Waals surface area contributed by atoms with E-state index in [1.54, 1.807) is 19.1 Å². The Kier molecular flexibility index (Phi) is 4.60. The molecule has 1 aliphatic heterocycles. The van der Waals surface area contributed by atoms with Gasteiger partial charge in [-0.2, -0.15) is 0 Å². The van der Waals surface area contributed by atoms with Crippen molar-refractivity contribution in [1.29, 1.82) is 0 Å². The van der Waals surface area contributed by atoms with Crippen LogP contribution in [0.4, 0.5) is 0 Å². The van der Waals surface area contributed by atoms with Crippen LogP contribution in [0.25, 0.3) is 22.0 Å². The molecule has 2 aromatic heterocycles. The molecule has 3 heterocycles. The number of ketones is 1. The highest BCUT2D eigenvalue weighted by Crippen LogP contribution is 2.38. The predicted molar refractivity (Wildman–Crippen MR) is 113 cm³/mol. The van der Waals surface area contributed by atoms with E-state index in [2.05, 4.69) is 10.1 Å². The molecular formula is C23H19ClN2O4. The summed E-state index contributed by atoms with van der Waals surface area (Å²) in [6.07, 6.45) is 2.25. The Bertz CT molecular complexity index is 1250. The van der Waals surface area contributed by atoms with Gasteiger partial charge in [0.25, 0.3) is 0 Å². The maximum absolute atomic E-state index is 12.9. The lowest BCUT2D eigenvalue weighted by molar-refractivity contribution is 0.0999. The average molecular weight is 423 g/mol. The highest BCUT2D eigenvalue weighted by Gasteiger charge is 2.24. The van der Waals surface area contributed by atoms with E-state index < -0.39 is 5.78 Å². The lowest BCUT2D eigenvalue weighted by atomic mass is 9.98. The number of halogens is 1. The van der Waals surface area contributed by atoms with E-state index in [1.807, 2.05) is 30.3 Å². The molecule has 152 valence electrons. The molecule has 1 saturated heterocycles. The summed E-state index contributed by atoms with van der Waals surface area (Å²) in [5, 5.41) is 15.2. The summed E-state index contributed by atoms with van der Waals surface area (Å²) in [4.78, 5) is 15.7. The number of nitrogens with zero attached hydrogens (tertiary/aromatic N) is 1. The molecule has 0 amide bonds. The van der Waals surface area contributed by atoms with E-state index in [1.165, 1.54) is 0 Å². The maximum Gasteiger partial charge on any atom is 0.237 e. The highest BCUT2D eigenvalue weighted by atomic mass is 35.5. The van der Waals surface area contributed by atoms with Gasteiger partial charge in [0.2, 0.25) is 17.4 Å². The summed E-state index contributed by atoms with van der Waals surface area (Å²) < 4.78 is 10.8. The molecule has 0 bridgehead atoms. The summed E-state index contributed by atoms with van der Waals surface area (Å²) in [5.74, 6) is -0.603. The smallest absolute Gasteiger partial charge is 0.237 e. The normalized spacial score (nSPS) is 16.4. The summed E-state index contributed by atoms with van der Waals surface area (Å²) in [6.45, 7) is 2.53. The minimum Gasteiger partial charge on any atom is -0.494 e. The third kappa shape index (κ3) is 3.18. The monoisotopic (exact) mass is 422 g/mol.